The van der Waals surface area contributed by atoms with Crippen molar-refractivity contribution in [1.29, 1.82) is 0 Å². The van der Waals surface area contributed by atoms with Crippen LogP contribution in [-0.2, 0) is 20.7 Å². The third kappa shape index (κ3) is 6.77. The number of phenols is 1. The Morgan fingerprint density at radius 2 is 1.91 bits per heavy atom. The van der Waals surface area contributed by atoms with Gasteiger partial charge in [0, 0.05) is 24.5 Å². The van der Waals surface area contributed by atoms with Gasteiger partial charge in [-0.15, -0.1) is 0 Å². The molecule has 7 heteroatoms. The topological polar surface area (TPSA) is 121 Å². The number of benzene rings is 1. The number of aliphatic hydroxyl groups is 2. The molecule has 0 saturated carbocycles. The van der Waals surface area contributed by atoms with Crippen molar-refractivity contribution in [3.05, 3.63) is 59.2 Å². The molecule has 0 amide bonds. The fourth-order valence-electron chi connectivity index (χ4n) is 5.10. The Morgan fingerprint density at radius 3 is 2.63 bits per heavy atom. The predicted octanol–water partition coefficient (Wildman–Crippen LogP) is 3.56. The standard InChI is InChI=1S/C28H34O7/c1-18(31)13-25(33)23(17-30)20(10-11-29)14-19-15-22-21(8-9-24(32)28(22)26(34)16-19)27-7-5-3-2-4-6-12-35-27/h2-4,6-9,19-20,23,29-30,32H,5,10-17H2,1H3. The molecule has 188 valence electrons. The van der Waals surface area contributed by atoms with E-state index in [1.54, 1.807) is 6.07 Å². The van der Waals surface area contributed by atoms with Crippen molar-refractivity contribution in [1.82, 2.24) is 0 Å². The first kappa shape index (κ1) is 26.6. The molecule has 3 atom stereocenters. The maximum absolute atomic E-state index is 13.1. The van der Waals surface area contributed by atoms with Crippen molar-refractivity contribution in [2.75, 3.05) is 19.8 Å². The minimum atomic E-state index is -0.773. The lowest BCUT2D eigenvalue weighted by Crippen LogP contribution is -2.32. The van der Waals surface area contributed by atoms with Crippen LogP contribution < -0.4 is 0 Å². The van der Waals surface area contributed by atoms with E-state index < -0.39 is 12.5 Å². The van der Waals surface area contributed by atoms with Crippen LogP contribution in [0.15, 0.2) is 42.5 Å². The molecular weight excluding hydrogens is 448 g/mol. The number of ether oxygens (including phenoxy) is 1. The van der Waals surface area contributed by atoms with Gasteiger partial charge >= 0.3 is 0 Å². The normalized spacial score (nSPS) is 19.5. The molecule has 35 heavy (non-hydrogen) atoms. The van der Waals surface area contributed by atoms with Gasteiger partial charge in [0.15, 0.2) is 5.78 Å². The maximum Gasteiger partial charge on any atom is 0.167 e. The molecule has 1 aromatic carbocycles. The number of hydrogen-bond acceptors (Lipinski definition) is 7. The average Bonchev–Trinajstić information content (AvgIpc) is 2.93. The highest BCUT2D eigenvalue weighted by Gasteiger charge is 2.35. The molecule has 0 bridgehead atoms. The van der Waals surface area contributed by atoms with Crippen LogP contribution in [-0.4, -0.2) is 52.5 Å². The van der Waals surface area contributed by atoms with E-state index in [-0.39, 0.29) is 60.8 Å². The molecule has 3 N–H and O–H groups in total. The zero-order valence-corrected chi connectivity index (χ0v) is 20.1. The van der Waals surface area contributed by atoms with Gasteiger partial charge in [-0.05, 0) is 74.3 Å². The summed E-state index contributed by atoms with van der Waals surface area (Å²) in [7, 11) is 0. The van der Waals surface area contributed by atoms with Gasteiger partial charge in [0.25, 0.3) is 0 Å². The second-order valence-electron chi connectivity index (χ2n) is 9.30. The molecule has 0 radical (unpaired) electrons. The molecule has 1 aliphatic carbocycles. The molecule has 3 unspecified atom stereocenters. The van der Waals surface area contributed by atoms with Gasteiger partial charge in [-0.2, -0.15) is 0 Å². The monoisotopic (exact) mass is 482 g/mol. The highest BCUT2D eigenvalue weighted by atomic mass is 16.5. The number of rotatable bonds is 10. The molecular formula is C28H34O7. The van der Waals surface area contributed by atoms with Gasteiger partial charge < -0.3 is 20.1 Å². The first-order valence-corrected chi connectivity index (χ1v) is 12.1. The first-order chi connectivity index (χ1) is 16.8. The molecule has 0 spiro atoms. The lowest BCUT2D eigenvalue weighted by Gasteiger charge is -2.32. The molecule has 7 nitrogen and oxygen atoms in total. The highest BCUT2D eigenvalue weighted by molar-refractivity contribution is 6.02. The lowest BCUT2D eigenvalue weighted by atomic mass is 9.72. The number of carbonyl (C=O) groups is 3. The Hall–Kier alpha value is -3.03. The van der Waals surface area contributed by atoms with E-state index in [2.05, 4.69) is 0 Å². The Balaban J connectivity index is 1.91. The second-order valence-corrected chi connectivity index (χ2v) is 9.30. The number of allylic oxidation sites excluding steroid dienone is 4. The minimum absolute atomic E-state index is 0.0626. The largest absolute Gasteiger partial charge is 0.507 e. The summed E-state index contributed by atoms with van der Waals surface area (Å²) in [6.45, 7) is 1.12. The number of hydrogen-bond donors (Lipinski definition) is 3. The number of ketones is 3. The van der Waals surface area contributed by atoms with Crippen LogP contribution in [0.4, 0.5) is 0 Å². The summed E-state index contributed by atoms with van der Waals surface area (Å²) in [5, 5.41) is 30.0. The third-order valence-electron chi connectivity index (χ3n) is 6.70. The van der Waals surface area contributed by atoms with E-state index >= 15 is 0 Å². The molecule has 0 fully saturated rings. The van der Waals surface area contributed by atoms with Crippen molar-refractivity contribution in [3.8, 4) is 5.75 Å². The summed E-state index contributed by atoms with van der Waals surface area (Å²) in [4.78, 5) is 37.2. The summed E-state index contributed by atoms with van der Waals surface area (Å²) in [6, 6.07) is 3.28. The van der Waals surface area contributed by atoms with Crippen LogP contribution in [0.25, 0.3) is 5.76 Å². The van der Waals surface area contributed by atoms with Crippen LogP contribution in [0.1, 0.15) is 60.5 Å². The SMILES string of the molecule is CC(=O)CC(=O)C(CO)C(CCO)CC1CC(=O)c2c(O)ccc(C3=CCC=CC=CCO3)c2C1. The Labute approximate surface area is 205 Å². The summed E-state index contributed by atoms with van der Waals surface area (Å²) in [5.74, 6) is -1.51. The van der Waals surface area contributed by atoms with Crippen molar-refractivity contribution in [2.24, 2.45) is 17.8 Å². The number of Topliss-reactive ketones (excluding diaryl/α,β-unsaturated/α-hetero) is 3. The van der Waals surface area contributed by atoms with Gasteiger partial charge in [-0.3, -0.25) is 14.4 Å². The summed E-state index contributed by atoms with van der Waals surface area (Å²) >= 11 is 0. The van der Waals surface area contributed by atoms with Crippen molar-refractivity contribution >= 4 is 23.1 Å². The molecule has 0 saturated heterocycles. The molecule has 3 rings (SSSR count). The van der Waals surface area contributed by atoms with Crippen LogP contribution in [0.2, 0.25) is 0 Å². The zero-order chi connectivity index (χ0) is 25.4. The number of aromatic hydroxyl groups is 1. The molecule has 2 aliphatic rings. The summed E-state index contributed by atoms with van der Waals surface area (Å²) < 4.78 is 5.97. The van der Waals surface area contributed by atoms with Crippen LogP contribution in [0, 0.1) is 17.8 Å². The lowest BCUT2D eigenvalue weighted by molar-refractivity contribution is -0.131. The van der Waals surface area contributed by atoms with E-state index in [9.17, 15) is 29.7 Å². The second kappa shape index (κ2) is 12.6. The Bertz CT molecular complexity index is 1030. The van der Waals surface area contributed by atoms with Crippen molar-refractivity contribution < 1.29 is 34.4 Å². The molecule has 0 aromatic heterocycles. The number of fused-ring (bicyclic) bond motifs is 1. The summed E-state index contributed by atoms with van der Waals surface area (Å²) in [5.41, 5.74) is 1.77. The number of aliphatic hydroxyl groups excluding tert-OH is 2. The highest BCUT2D eigenvalue weighted by Crippen LogP contribution is 2.40. The van der Waals surface area contributed by atoms with E-state index in [0.717, 1.165) is 5.56 Å². The van der Waals surface area contributed by atoms with Gasteiger partial charge in [-0.25, -0.2) is 0 Å². The smallest absolute Gasteiger partial charge is 0.167 e. The van der Waals surface area contributed by atoms with Crippen LogP contribution >= 0.6 is 0 Å². The minimum Gasteiger partial charge on any atom is -0.507 e. The number of carbonyl (C=O) groups excluding carboxylic acids is 3. The third-order valence-corrected chi connectivity index (χ3v) is 6.70. The number of phenolic OH excluding ortho intramolecular Hbond substituents is 1. The van der Waals surface area contributed by atoms with E-state index in [1.165, 1.54) is 13.0 Å². The molecule has 1 aromatic rings. The Morgan fingerprint density at radius 1 is 1.14 bits per heavy atom. The van der Waals surface area contributed by atoms with Crippen molar-refractivity contribution in [2.45, 2.75) is 45.4 Å². The van der Waals surface area contributed by atoms with Crippen molar-refractivity contribution in [3.63, 3.8) is 0 Å². The van der Waals surface area contributed by atoms with Gasteiger partial charge in [0.2, 0.25) is 0 Å². The quantitative estimate of drug-likeness (QED) is 0.436. The fourth-order valence-corrected chi connectivity index (χ4v) is 5.10. The van der Waals surface area contributed by atoms with Crippen LogP contribution in [0.5, 0.6) is 5.75 Å². The molecule has 1 heterocycles. The molecule has 1 aliphatic heterocycles. The predicted molar refractivity (Wildman–Crippen MR) is 132 cm³/mol. The fraction of sp³-hybridized carbons (Fsp3) is 0.464. The van der Waals surface area contributed by atoms with Gasteiger partial charge in [-0.1, -0.05) is 18.2 Å². The van der Waals surface area contributed by atoms with Gasteiger partial charge in [0.05, 0.1) is 18.6 Å². The van der Waals surface area contributed by atoms with Crippen LogP contribution in [0.3, 0.4) is 0 Å². The van der Waals surface area contributed by atoms with E-state index in [4.69, 9.17) is 4.74 Å². The van der Waals surface area contributed by atoms with E-state index in [0.29, 0.717) is 42.8 Å². The zero-order valence-electron chi connectivity index (χ0n) is 20.1. The summed E-state index contributed by atoms with van der Waals surface area (Å²) in [6.07, 6.45) is 11.5. The maximum atomic E-state index is 13.1. The Kier molecular flexibility index (Phi) is 9.57. The van der Waals surface area contributed by atoms with E-state index in [1.807, 2.05) is 30.4 Å². The van der Waals surface area contributed by atoms with Gasteiger partial charge in [0.1, 0.15) is 29.7 Å². The first-order valence-electron chi connectivity index (χ1n) is 12.1. The average molecular weight is 483 g/mol.